The molecule has 6 heteroatoms. The van der Waals surface area contributed by atoms with Crippen molar-refractivity contribution in [3.63, 3.8) is 0 Å². The van der Waals surface area contributed by atoms with Gasteiger partial charge in [0.1, 0.15) is 5.75 Å². The van der Waals surface area contributed by atoms with Crippen molar-refractivity contribution < 1.29 is 9.53 Å². The predicted molar refractivity (Wildman–Crippen MR) is 110 cm³/mol. The van der Waals surface area contributed by atoms with Crippen LogP contribution in [0.15, 0.2) is 46.9 Å². The van der Waals surface area contributed by atoms with Crippen LogP contribution in [0.2, 0.25) is 0 Å². The molecule has 1 N–H and O–H groups in total. The van der Waals surface area contributed by atoms with Gasteiger partial charge in [-0.05, 0) is 50.1 Å². The average molecular weight is 431 g/mol. The average Bonchev–Trinajstić information content (AvgIpc) is 2.96. The lowest BCUT2D eigenvalue weighted by Gasteiger charge is -2.09. The number of nitrogens with zero attached hydrogens (tertiary/aromatic N) is 1. The number of aryl methyl sites for hydroxylation is 3. The molecule has 1 aromatic heterocycles. The monoisotopic (exact) mass is 430 g/mol. The van der Waals surface area contributed by atoms with E-state index in [1.165, 1.54) is 11.3 Å². The maximum absolute atomic E-state index is 12.2. The Hall–Kier alpha value is -2.18. The number of thiazole rings is 1. The van der Waals surface area contributed by atoms with Crippen LogP contribution < -0.4 is 10.1 Å². The summed E-state index contributed by atoms with van der Waals surface area (Å²) in [6.45, 7) is 5.91. The zero-order valence-electron chi connectivity index (χ0n) is 14.8. The van der Waals surface area contributed by atoms with Crippen molar-refractivity contribution in [2.75, 3.05) is 11.9 Å². The van der Waals surface area contributed by atoms with E-state index in [9.17, 15) is 4.79 Å². The molecule has 0 bridgehead atoms. The van der Waals surface area contributed by atoms with Crippen LogP contribution >= 0.6 is 27.3 Å². The molecule has 26 heavy (non-hydrogen) atoms. The van der Waals surface area contributed by atoms with E-state index in [-0.39, 0.29) is 12.5 Å². The van der Waals surface area contributed by atoms with Crippen molar-refractivity contribution in [2.24, 2.45) is 0 Å². The number of ether oxygens (including phenoxy) is 1. The number of anilines is 1. The third-order valence-corrected chi connectivity index (χ3v) is 5.28. The quantitative estimate of drug-likeness (QED) is 0.579. The summed E-state index contributed by atoms with van der Waals surface area (Å²) in [5.74, 6) is 0.507. The fourth-order valence-electron chi connectivity index (χ4n) is 2.49. The van der Waals surface area contributed by atoms with Gasteiger partial charge in [-0.1, -0.05) is 40.2 Å². The molecular weight excluding hydrogens is 412 g/mol. The topological polar surface area (TPSA) is 51.2 Å². The Morgan fingerprint density at radius 3 is 2.62 bits per heavy atom. The van der Waals surface area contributed by atoms with Gasteiger partial charge in [-0.15, -0.1) is 11.3 Å². The van der Waals surface area contributed by atoms with Gasteiger partial charge >= 0.3 is 0 Å². The fraction of sp³-hybridized carbons (Fsp3) is 0.200. The number of benzene rings is 2. The first-order chi connectivity index (χ1) is 12.4. The molecule has 134 valence electrons. The molecule has 0 saturated heterocycles. The highest BCUT2D eigenvalue weighted by Crippen LogP contribution is 2.31. The number of amides is 1. The predicted octanol–water partition coefficient (Wildman–Crippen LogP) is 5.52. The summed E-state index contributed by atoms with van der Waals surface area (Å²) < 4.78 is 6.67. The second-order valence-electron chi connectivity index (χ2n) is 6.04. The Labute approximate surface area is 165 Å². The lowest BCUT2D eigenvalue weighted by Crippen LogP contribution is -2.20. The van der Waals surface area contributed by atoms with Gasteiger partial charge in [0.05, 0.1) is 5.69 Å². The molecule has 3 aromatic rings. The van der Waals surface area contributed by atoms with Crippen molar-refractivity contribution >= 4 is 38.3 Å². The van der Waals surface area contributed by atoms with Crippen LogP contribution in [0.5, 0.6) is 5.75 Å². The van der Waals surface area contributed by atoms with Gasteiger partial charge in [0, 0.05) is 14.9 Å². The summed E-state index contributed by atoms with van der Waals surface area (Å²) in [6, 6.07) is 13.9. The van der Waals surface area contributed by atoms with E-state index in [4.69, 9.17) is 4.74 Å². The Morgan fingerprint density at radius 2 is 1.88 bits per heavy atom. The lowest BCUT2D eigenvalue weighted by atomic mass is 10.1. The van der Waals surface area contributed by atoms with E-state index in [1.54, 1.807) is 0 Å². The van der Waals surface area contributed by atoms with E-state index < -0.39 is 0 Å². The largest absolute Gasteiger partial charge is 0.483 e. The minimum atomic E-state index is -0.220. The number of hydrogen-bond acceptors (Lipinski definition) is 4. The molecule has 1 heterocycles. The number of rotatable bonds is 5. The molecule has 0 aliphatic carbocycles. The molecule has 0 aliphatic heterocycles. The van der Waals surface area contributed by atoms with Crippen molar-refractivity contribution in [3.8, 4) is 17.0 Å². The maximum atomic E-state index is 12.2. The lowest BCUT2D eigenvalue weighted by molar-refractivity contribution is -0.118. The van der Waals surface area contributed by atoms with Crippen LogP contribution in [0.3, 0.4) is 0 Å². The highest BCUT2D eigenvalue weighted by Gasteiger charge is 2.13. The molecule has 0 aliphatic rings. The van der Waals surface area contributed by atoms with E-state index in [0.29, 0.717) is 5.13 Å². The number of carbonyl (C=O) groups excluding carboxylic acids is 1. The molecule has 4 nitrogen and oxygen atoms in total. The Balaban J connectivity index is 1.65. The molecule has 0 unspecified atom stereocenters. The molecule has 0 spiro atoms. The van der Waals surface area contributed by atoms with Gasteiger partial charge in [0.2, 0.25) is 0 Å². The molecule has 1 amide bonds. The van der Waals surface area contributed by atoms with Crippen LogP contribution in [0.4, 0.5) is 5.13 Å². The van der Waals surface area contributed by atoms with E-state index in [0.717, 1.165) is 37.5 Å². The van der Waals surface area contributed by atoms with E-state index in [1.807, 2.05) is 63.2 Å². The zero-order valence-corrected chi connectivity index (χ0v) is 17.2. The standard InChI is InChI=1S/C20H19BrN2O2S/c1-12-4-5-13(2)17(10-12)25-11-18(24)22-20-23-19(14(3)26-20)15-6-8-16(21)9-7-15/h4-10H,11H2,1-3H3,(H,22,23,24). The maximum Gasteiger partial charge on any atom is 0.264 e. The van der Waals surface area contributed by atoms with Gasteiger partial charge in [-0.25, -0.2) is 4.98 Å². The van der Waals surface area contributed by atoms with Crippen molar-refractivity contribution in [2.45, 2.75) is 20.8 Å². The second kappa shape index (κ2) is 8.01. The zero-order chi connectivity index (χ0) is 18.7. The molecule has 3 rings (SSSR count). The van der Waals surface area contributed by atoms with Crippen LogP contribution in [-0.2, 0) is 4.79 Å². The number of nitrogens with one attached hydrogen (secondary N) is 1. The molecule has 0 radical (unpaired) electrons. The Kier molecular flexibility index (Phi) is 5.74. The minimum absolute atomic E-state index is 0.0451. The summed E-state index contributed by atoms with van der Waals surface area (Å²) in [6.07, 6.45) is 0. The highest BCUT2D eigenvalue weighted by molar-refractivity contribution is 9.10. The third-order valence-electron chi connectivity index (χ3n) is 3.86. The number of hydrogen-bond donors (Lipinski definition) is 1. The Bertz CT molecular complexity index is 935. The molecule has 0 saturated carbocycles. The normalized spacial score (nSPS) is 10.6. The van der Waals surface area contributed by atoms with Crippen molar-refractivity contribution in [3.05, 3.63) is 62.9 Å². The molecular formula is C20H19BrN2O2S. The van der Waals surface area contributed by atoms with Crippen LogP contribution in [-0.4, -0.2) is 17.5 Å². The first-order valence-electron chi connectivity index (χ1n) is 8.15. The Morgan fingerprint density at radius 1 is 1.15 bits per heavy atom. The third kappa shape index (κ3) is 4.51. The van der Waals surface area contributed by atoms with Gasteiger partial charge in [-0.2, -0.15) is 0 Å². The van der Waals surface area contributed by atoms with Crippen LogP contribution in [0.25, 0.3) is 11.3 Å². The summed E-state index contributed by atoms with van der Waals surface area (Å²) in [4.78, 5) is 17.8. The fourth-order valence-corrected chi connectivity index (χ4v) is 3.60. The molecule has 2 aromatic carbocycles. The number of aromatic nitrogens is 1. The molecule has 0 fully saturated rings. The SMILES string of the molecule is Cc1ccc(C)c(OCC(=O)Nc2nc(-c3ccc(Br)cc3)c(C)s2)c1. The van der Waals surface area contributed by atoms with E-state index >= 15 is 0 Å². The summed E-state index contributed by atoms with van der Waals surface area (Å²) in [5, 5.41) is 3.40. The van der Waals surface area contributed by atoms with Gasteiger partial charge in [0.25, 0.3) is 5.91 Å². The van der Waals surface area contributed by atoms with Gasteiger partial charge in [0.15, 0.2) is 11.7 Å². The van der Waals surface area contributed by atoms with Gasteiger partial charge in [-0.3, -0.25) is 10.1 Å². The number of halogens is 1. The first kappa shape index (κ1) is 18.6. The van der Waals surface area contributed by atoms with Crippen LogP contribution in [0, 0.1) is 20.8 Å². The minimum Gasteiger partial charge on any atom is -0.483 e. The second-order valence-corrected chi connectivity index (χ2v) is 8.16. The highest BCUT2D eigenvalue weighted by atomic mass is 79.9. The van der Waals surface area contributed by atoms with Crippen LogP contribution in [0.1, 0.15) is 16.0 Å². The number of carbonyl (C=O) groups is 1. The van der Waals surface area contributed by atoms with Crippen molar-refractivity contribution in [1.82, 2.24) is 4.98 Å². The summed E-state index contributed by atoms with van der Waals surface area (Å²) in [5.41, 5.74) is 4.01. The van der Waals surface area contributed by atoms with E-state index in [2.05, 4.69) is 26.2 Å². The smallest absolute Gasteiger partial charge is 0.264 e. The summed E-state index contributed by atoms with van der Waals surface area (Å²) in [7, 11) is 0. The van der Waals surface area contributed by atoms with Gasteiger partial charge < -0.3 is 4.74 Å². The summed E-state index contributed by atoms with van der Waals surface area (Å²) >= 11 is 4.89. The van der Waals surface area contributed by atoms with Crippen molar-refractivity contribution in [1.29, 1.82) is 0 Å². The molecule has 0 atom stereocenters. The first-order valence-corrected chi connectivity index (χ1v) is 9.76.